The number of rotatable bonds is 3. The van der Waals surface area contributed by atoms with Crippen LogP contribution < -0.4 is 10.2 Å². The van der Waals surface area contributed by atoms with Gasteiger partial charge in [-0.3, -0.25) is 4.98 Å². The van der Waals surface area contributed by atoms with E-state index in [4.69, 9.17) is 0 Å². The second kappa shape index (κ2) is 6.32. The number of anilines is 1. The summed E-state index contributed by atoms with van der Waals surface area (Å²) in [6.07, 6.45) is 4.32. The van der Waals surface area contributed by atoms with E-state index in [0.29, 0.717) is 18.7 Å². The topological polar surface area (TPSA) is 62.3 Å². The summed E-state index contributed by atoms with van der Waals surface area (Å²) in [6, 6.07) is 2.01. The molecule has 0 aliphatic carbocycles. The van der Waals surface area contributed by atoms with Gasteiger partial charge in [-0.2, -0.15) is 0 Å². The average molecular weight is 311 g/mol. The maximum Gasteiger partial charge on any atom is 0.152 e. The normalized spacial score (nSPS) is 19.3. The van der Waals surface area contributed by atoms with Crippen molar-refractivity contribution in [2.75, 3.05) is 29.5 Å². The van der Waals surface area contributed by atoms with Gasteiger partial charge in [-0.1, -0.05) is 0 Å². The highest BCUT2D eigenvalue weighted by Crippen LogP contribution is 2.22. The van der Waals surface area contributed by atoms with Crippen molar-refractivity contribution in [3.8, 4) is 0 Å². The van der Waals surface area contributed by atoms with Gasteiger partial charge in [-0.15, -0.1) is 0 Å². The summed E-state index contributed by atoms with van der Waals surface area (Å²) in [4.78, 5) is 6.36. The van der Waals surface area contributed by atoms with Gasteiger partial charge in [0, 0.05) is 31.4 Å². The number of hydrogen-bond donors (Lipinski definition) is 1. The minimum Gasteiger partial charge on any atom is -0.369 e. The molecule has 0 bridgehead atoms. The fourth-order valence-electron chi connectivity index (χ4n) is 2.39. The first-order chi connectivity index (χ1) is 9.77. The Morgan fingerprint density at radius 1 is 1.29 bits per heavy atom. The van der Waals surface area contributed by atoms with Gasteiger partial charge in [0.2, 0.25) is 0 Å². The molecule has 0 aromatic carbocycles. The van der Waals surface area contributed by atoms with Crippen molar-refractivity contribution in [1.29, 1.82) is 0 Å². The van der Waals surface area contributed by atoms with Gasteiger partial charge in [0.15, 0.2) is 9.84 Å². The number of sulfone groups is 1. The second-order valence-corrected chi connectivity index (χ2v) is 8.90. The highest BCUT2D eigenvalue weighted by molar-refractivity contribution is 7.91. The standard InChI is InChI=1S/C15H25N3O2S/c1-15(2,3)17-11-13-5-6-16-12-14(13)18-7-4-9-21(19,20)10-8-18/h5-6,12,17H,4,7-11H2,1-3H3. The van der Waals surface area contributed by atoms with Gasteiger partial charge in [0.25, 0.3) is 0 Å². The molecule has 0 amide bonds. The molecule has 1 aliphatic heterocycles. The third-order valence-electron chi connectivity index (χ3n) is 3.59. The third-order valence-corrected chi connectivity index (χ3v) is 5.31. The van der Waals surface area contributed by atoms with Gasteiger partial charge in [0.05, 0.1) is 23.4 Å². The molecule has 1 N–H and O–H groups in total. The van der Waals surface area contributed by atoms with Crippen molar-refractivity contribution >= 4 is 15.5 Å². The molecule has 5 nitrogen and oxygen atoms in total. The predicted octanol–water partition coefficient (Wildman–Crippen LogP) is 1.59. The Morgan fingerprint density at radius 2 is 2.05 bits per heavy atom. The van der Waals surface area contributed by atoms with Crippen LogP contribution in [0.2, 0.25) is 0 Å². The summed E-state index contributed by atoms with van der Waals surface area (Å²) >= 11 is 0. The molecule has 6 heteroatoms. The maximum atomic E-state index is 11.7. The lowest BCUT2D eigenvalue weighted by atomic mass is 10.1. The molecule has 0 unspecified atom stereocenters. The molecule has 1 aromatic rings. The Kier molecular flexibility index (Phi) is 4.88. The Bertz CT molecular complexity index is 579. The van der Waals surface area contributed by atoms with Crippen LogP contribution in [0.3, 0.4) is 0 Å². The van der Waals surface area contributed by atoms with E-state index in [1.54, 1.807) is 6.20 Å². The summed E-state index contributed by atoms with van der Waals surface area (Å²) in [5.74, 6) is 0.521. The summed E-state index contributed by atoms with van der Waals surface area (Å²) in [5.41, 5.74) is 2.26. The van der Waals surface area contributed by atoms with Crippen LogP contribution in [0, 0.1) is 0 Å². The van der Waals surface area contributed by atoms with Crippen LogP contribution in [-0.2, 0) is 16.4 Å². The molecular formula is C15H25N3O2S. The van der Waals surface area contributed by atoms with Crippen LogP contribution in [0.25, 0.3) is 0 Å². The van der Waals surface area contributed by atoms with Crippen molar-refractivity contribution in [3.63, 3.8) is 0 Å². The van der Waals surface area contributed by atoms with Gasteiger partial charge in [-0.05, 0) is 38.8 Å². The largest absolute Gasteiger partial charge is 0.369 e. The zero-order chi connectivity index (χ0) is 15.5. The van der Waals surface area contributed by atoms with E-state index in [0.717, 1.165) is 18.8 Å². The van der Waals surface area contributed by atoms with Crippen LogP contribution in [0.4, 0.5) is 5.69 Å². The number of nitrogens with zero attached hydrogens (tertiary/aromatic N) is 2. The van der Waals surface area contributed by atoms with E-state index in [9.17, 15) is 8.42 Å². The fraction of sp³-hybridized carbons (Fsp3) is 0.667. The molecule has 118 valence electrons. The van der Waals surface area contributed by atoms with E-state index in [1.165, 1.54) is 5.56 Å². The molecular weight excluding hydrogens is 286 g/mol. The fourth-order valence-corrected chi connectivity index (χ4v) is 3.66. The molecule has 1 fully saturated rings. The first kappa shape index (κ1) is 16.2. The molecule has 0 saturated carbocycles. The summed E-state index contributed by atoms with van der Waals surface area (Å²) in [5, 5.41) is 3.48. The minimum atomic E-state index is -2.89. The molecule has 21 heavy (non-hydrogen) atoms. The van der Waals surface area contributed by atoms with Crippen LogP contribution in [0.1, 0.15) is 32.8 Å². The van der Waals surface area contributed by atoms with Crippen LogP contribution in [0.15, 0.2) is 18.5 Å². The summed E-state index contributed by atoms with van der Waals surface area (Å²) in [6.45, 7) is 8.47. The zero-order valence-electron chi connectivity index (χ0n) is 13.1. The monoisotopic (exact) mass is 311 g/mol. The molecule has 2 rings (SSSR count). The molecule has 2 heterocycles. The minimum absolute atomic E-state index is 0.0443. The van der Waals surface area contributed by atoms with E-state index >= 15 is 0 Å². The van der Waals surface area contributed by atoms with E-state index in [1.807, 2.05) is 12.3 Å². The highest BCUT2D eigenvalue weighted by Gasteiger charge is 2.21. The lowest BCUT2D eigenvalue weighted by molar-refractivity contribution is 0.424. The zero-order valence-corrected chi connectivity index (χ0v) is 13.9. The van der Waals surface area contributed by atoms with Crippen molar-refractivity contribution in [2.45, 2.75) is 39.3 Å². The SMILES string of the molecule is CC(C)(C)NCc1ccncc1N1CCCS(=O)(=O)CC1. The molecule has 0 atom stereocenters. The highest BCUT2D eigenvalue weighted by atomic mass is 32.2. The van der Waals surface area contributed by atoms with Crippen molar-refractivity contribution in [3.05, 3.63) is 24.0 Å². The Morgan fingerprint density at radius 3 is 2.76 bits per heavy atom. The lowest BCUT2D eigenvalue weighted by Crippen LogP contribution is -2.36. The van der Waals surface area contributed by atoms with Crippen LogP contribution in [0.5, 0.6) is 0 Å². The van der Waals surface area contributed by atoms with Crippen molar-refractivity contribution in [2.24, 2.45) is 0 Å². The average Bonchev–Trinajstić information content (AvgIpc) is 2.57. The van der Waals surface area contributed by atoms with Gasteiger partial charge in [-0.25, -0.2) is 8.42 Å². The molecule has 1 aromatic heterocycles. The lowest BCUT2D eigenvalue weighted by Gasteiger charge is -2.26. The van der Waals surface area contributed by atoms with E-state index in [2.05, 4.69) is 36.0 Å². The summed E-state index contributed by atoms with van der Waals surface area (Å²) < 4.78 is 23.5. The molecule has 1 saturated heterocycles. The van der Waals surface area contributed by atoms with Crippen LogP contribution >= 0.6 is 0 Å². The van der Waals surface area contributed by atoms with Gasteiger partial charge in [0.1, 0.15) is 0 Å². The number of pyridine rings is 1. The quantitative estimate of drug-likeness (QED) is 0.918. The molecule has 0 spiro atoms. The predicted molar refractivity (Wildman–Crippen MR) is 86.3 cm³/mol. The van der Waals surface area contributed by atoms with Crippen molar-refractivity contribution in [1.82, 2.24) is 10.3 Å². The smallest absolute Gasteiger partial charge is 0.152 e. The first-order valence-corrected chi connectivity index (χ1v) is 9.22. The Hall–Kier alpha value is -1.14. The first-order valence-electron chi connectivity index (χ1n) is 7.40. The van der Waals surface area contributed by atoms with Crippen LogP contribution in [-0.4, -0.2) is 43.5 Å². The van der Waals surface area contributed by atoms with Gasteiger partial charge < -0.3 is 10.2 Å². The maximum absolute atomic E-state index is 11.7. The molecule has 0 radical (unpaired) electrons. The van der Waals surface area contributed by atoms with E-state index < -0.39 is 9.84 Å². The third kappa shape index (κ3) is 4.97. The molecule has 1 aliphatic rings. The number of nitrogens with one attached hydrogen (secondary N) is 1. The van der Waals surface area contributed by atoms with Crippen molar-refractivity contribution < 1.29 is 8.42 Å². The number of aromatic nitrogens is 1. The Balaban J connectivity index is 2.15. The number of hydrogen-bond acceptors (Lipinski definition) is 5. The second-order valence-electron chi connectivity index (χ2n) is 6.60. The van der Waals surface area contributed by atoms with Gasteiger partial charge >= 0.3 is 0 Å². The van der Waals surface area contributed by atoms with E-state index in [-0.39, 0.29) is 11.3 Å². The summed E-state index contributed by atoms with van der Waals surface area (Å²) in [7, 11) is -2.89. The Labute approximate surface area is 127 Å².